The standard InChI is InChI=1S/C15H23NO2/c1-11(2)18-14-7-5-13(6-8-14)15(16)10-17-9-12-3-4-12/h5-8,11-12,15H,3-4,9-10,16H2,1-2H3. The fourth-order valence-corrected chi connectivity index (χ4v) is 1.81. The molecule has 0 spiro atoms. The summed E-state index contributed by atoms with van der Waals surface area (Å²) in [7, 11) is 0. The molecule has 1 aliphatic rings. The molecule has 0 aliphatic heterocycles. The summed E-state index contributed by atoms with van der Waals surface area (Å²) in [4.78, 5) is 0. The molecule has 0 heterocycles. The molecule has 3 heteroatoms. The summed E-state index contributed by atoms with van der Waals surface area (Å²) in [6.45, 7) is 5.50. The second-order valence-electron chi connectivity index (χ2n) is 5.32. The van der Waals surface area contributed by atoms with E-state index in [0.717, 1.165) is 23.8 Å². The first-order valence-electron chi connectivity index (χ1n) is 6.75. The summed E-state index contributed by atoms with van der Waals surface area (Å²) in [5.41, 5.74) is 7.19. The van der Waals surface area contributed by atoms with Crippen molar-refractivity contribution >= 4 is 0 Å². The van der Waals surface area contributed by atoms with E-state index in [1.807, 2.05) is 38.1 Å². The Morgan fingerprint density at radius 3 is 2.44 bits per heavy atom. The van der Waals surface area contributed by atoms with Crippen LogP contribution in [0.1, 0.15) is 38.3 Å². The van der Waals surface area contributed by atoms with E-state index < -0.39 is 0 Å². The third-order valence-corrected chi connectivity index (χ3v) is 3.03. The highest BCUT2D eigenvalue weighted by molar-refractivity contribution is 5.29. The van der Waals surface area contributed by atoms with E-state index in [1.54, 1.807) is 0 Å². The molecule has 18 heavy (non-hydrogen) atoms. The lowest BCUT2D eigenvalue weighted by Crippen LogP contribution is -2.18. The molecule has 1 aromatic carbocycles. The van der Waals surface area contributed by atoms with Crippen molar-refractivity contribution in [3.8, 4) is 5.75 Å². The van der Waals surface area contributed by atoms with Crippen molar-refractivity contribution in [3.05, 3.63) is 29.8 Å². The predicted molar refractivity (Wildman–Crippen MR) is 72.7 cm³/mol. The summed E-state index contributed by atoms with van der Waals surface area (Å²) >= 11 is 0. The molecule has 2 rings (SSSR count). The number of rotatable bonds is 7. The van der Waals surface area contributed by atoms with Gasteiger partial charge in [-0.3, -0.25) is 0 Å². The Bertz CT molecular complexity index is 357. The van der Waals surface area contributed by atoms with Gasteiger partial charge in [-0.15, -0.1) is 0 Å². The van der Waals surface area contributed by atoms with Gasteiger partial charge in [0.05, 0.1) is 18.8 Å². The molecular formula is C15H23NO2. The van der Waals surface area contributed by atoms with Crippen LogP contribution in [-0.2, 0) is 4.74 Å². The minimum Gasteiger partial charge on any atom is -0.491 e. The molecule has 1 unspecified atom stereocenters. The van der Waals surface area contributed by atoms with Gasteiger partial charge in [-0.1, -0.05) is 12.1 Å². The average Bonchev–Trinajstić information content (AvgIpc) is 3.13. The largest absolute Gasteiger partial charge is 0.491 e. The Hall–Kier alpha value is -1.06. The number of ether oxygens (including phenoxy) is 2. The zero-order valence-electron chi connectivity index (χ0n) is 11.3. The first kappa shape index (κ1) is 13.4. The molecule has 1 atom stereocenters. The van der Waals surface area contributed by atoms with Crippen LogP contribution in [0.5, 0.6) is 5.75 Å². The third kappa shape index (κ3) is 4.31. The van der Waals surface area contributed by atoms with Crippen molar-refractivity contribution < 1.29 is 9.47 Å². The zero-order chi connectivity index (χ0) is 13.0. The topological polar surface area (TPSA) is 44.5 Å². The summed E-state index contributed by atoms with van der Waals surface area (Å²) in [5, 5.41) is 0. The minimum absolute atomic E-state index is 0.0446. The Labute approximate surface area is 109 Å². The van der Waals surface area contributed by atoms with Gasteiger partial charge < -0.3 is 15.2 Å². The van der Waals surface area contributed by atoms with Gasteiger partial charge >= 0.3 is 0 Å². The van der Waals surface area contributed by atoms with Gasteiger partial charge in [-0.2, -0.15) is 0 Å². The Kier molecular flexibility index (Phi) is 4.61. The van der Waals surface area contributed by atoms with Crippen LogP contribution in [-0.4, -0.2) is 19.3 Å². The normalized spacial score (nSPS) is 16.9. The summed E-state index contributed by atoms with van der Waals surface area (Å²) in [5.74, 6) is 1.68. The molecule has 1 saturated carbocycles. The zero-order valence-corrected chi connectivity index (χ0v) is 11.3. The highest BCUT2D eigenvalue weighted by atomic mass is 16.5. The highest BCUT2D eigenvalue weighted by Gasteiger charge is 2.21. The second kappa shape index (κ2) is 6.21. The van der Waals surface area contributed by atoms with Crippen molar-refractivity contribution in [2.75, 3.05) is 13.2 Å². The number of nitrogens with two attached hydrogens (primary N) is 1. The molecule has 1 fully saturated rings. The van der Waals surface area contributed by atoms with Crippen LogP contribution in [0.2, 0.25) is 0 Å². The van der Waals surface area contributed by atoms with E-state index in [2.05, 4.69) is 0 Å². The molecule has 1 aromatic rings. The molecular weight excluding hydrogens is 226 g/mol. The van der Waals surface area contributed by atoms with Gasteiger partial charge in [0.2, 0.25) is 0 Å². The molecule has 1 aliphatic carbocycles. The second-order valence-corrected chi connectivity index (χ2v) is 5.32. The highest BCUT2D eigenvalue weighted by Crippen LogP contribution is 2.29. The Morgan fingerprint density at radius 1 is 1.22 bits per heavy atom. The van der Waals surface area contributed by atoms with Gasteiger partial charge in [0.15, 0.2) is 0 Å². The number of hydrogen-bond acceptors (Lipinski definition) is 3. The molecule has 0 amide bonds. The monoisotopic (exact) mass is 249 g/mol. The lowest BCUT2D eigenvalue weighted by molar-refractivity contribution is 0.112. The van der Waals surface area contributed by atoms with Crippen LogP contribution in [0.25, 0.3) is 0 Å². The van der Waals surface area contributed by atoms with E-state index in [-0.39, 0.29) is 12.1 Å². The fraction of sp³-hybridized carbons (Fsp3) is 0.600. The first-order valence-corrected chi connectivity index (χ1v) is 6.75. The first-order chi connectivity index (χ1) is 8.65. The number of hydrogen-bond donors (Lipinski definition) is 1. The van der Waals surface area contributed by atoms with Crippen LogP contribution in [0.3, 0.4) is 0 Å². The van der Waals surface area contributed by atoms with Gasteiger partial charge in [0.1, 0.15) is 5.75 Å². The Morgan fingerprint density at radius 2 is 1.89 bits per heavy atom. The van der Waals surface area contributed by atoms with E-state index in [1.165, 1.54) is 12.8 Å². The molecule has 0 bridgehead atoms. The van der Waals surface area contributed by atoms with Crippen LogP contribution < -0.4 is 10.5 Å². The smallest absolute Gasteiger partial charge is 0.119 e. The maximum Gasteiger partial charge on any atom is 0.119 e. The fourth-order valence-electron chi connectivity index (χ4n) is 1.81. The molecule has 3 nitrogen and oxygen atoms in total. The summed E-state index contributed by atoms with van der Waals surface area (Å²) in [6, 6.07) is 7.93. The Balaban J connectivity index is 1.79. The van der Waals surface area contributed by atoms with Gasteiger partial charge in [-0.05, 0) is 50.3 Å². The maximum absolute atomic E-state index is 6.09. The quantitative estimate of drug-likeness (QED) is 0.808. The van der Waals surface area contributed by atoms with E-state index >= 15 is 0 Å². The average molecular weight is 249 g/mol. The molecule has 100 valence electrons. The maximum atomic E-state index is 6.09. The lowest BCUT2D eigenvalue weighted by Gasteiger charge is -2.14. The molecule has 2 N–H and O–H groups in total. The van der Waals surface area contributed by atoms with Crippen molar-refractivity contribution in [1.29, 1.82) is 0 Å². The van der Waals surface area contributed by atoms with Crippen molar-refractivity contribution in [2.45, 2.75) is 38.8 Å². The van der Waals surface area contributed by atoms with Crippen LogP contribution in [0.4, 0.5) is 0 Å². The SMILES string of the molecule is CC(C)Oc1ccc(C(N)COCC2CC2)cc1. The molecule has 0 radical (unpaired) electrons. The van der Waals surface area contributed by atoms with Crippen LogP contribution in [0.15, 0.2) is 24.3 Å². The van der Waals surface area contributed by atoms with E-state index in [0.29, 0.717) is 6.61 Å². The van der Waals surface area contributed by atoms with Gasteiger partial charge in [0, 0.05) is 6.61 Å². The lowest BCUT2D eigenvalue weighted by atomic mass is 10.1. The third-order valence-electron chi connectivity index (χ3n) is 3.03. The van der Waals surface area contributed by atoms with E-state index in [9.17, 15) is 0 Å². The predicted octanol–water partition coefficient (Wildman–Crippen LogP) is 2.90. The van der Waals surface area contributed by atoms with E-state index in [4.69, 9.17) is 15.2 Å². The number of benzene rings is 1. The molecule has 0 aromatic heterocycles. The van der Waals surface area contributed by atoms with Crippen molar-refractivity contribution in [1.82, 2.24) is 0 Å². The summed E-state index contributed by atoms with van der Waals surface area (Å²) in [6.07, 6.45) is 2.83. The van der Waals surface area contributed by atoms with Gasteiger partial charge in [-0.25, -0.2) is 0 Å². The summed E-state index contributed by atoms with van der Waals surface area (Å²) < 4.78 is 11.2. The van der Waals surface area contributed by atoms with Crippen molar-refractivity contribution in [2.24, 2.45) is 11.7 Å². The van der Waals surface area contributed by atoms with Crippen LogP contribution >= 0.6 is 0 Å². The van der Waals surface area contributed by atoms with Crippen LogP contribution in [0, 0.1) is 5.92 Å². The van der Waals surface area contributed by atoms with Gasteiger partial charge in [0.25, 0.3) is 0 Å². The molecule has 0 saturated heterocycles. The minimum atomic E-state index is -0.0446. The van der Waals surface area contributed by atoms with Crippen molar-refractivity contribution in [3.63, 3.8) is 0 Å².